The lowest BCUT2D eigenvalue weighted by molar-refractivity contribution is -0.142. The Kier molecular flexibility index (Phi) is 5.13. The fourth-order valence-corrected chi connectivity index (χ4v) is 4.60. The van der Waals surface area contributed by atoms with Crippen molar-refractivity contribution in [2.75, 3.05) is 0 Å². The molecule has 0 N–H and O–H groups in total. The van der Waals surface area contributed by atoms with Gasteiger partial charge in [0.2, 0.25) is 0 Å². The summed E-state index contributed by atoms with van der Waals surface area (Å²) >= 11 is 0. The summed E-state index contributed by atoms with van der Waals surface area (Å²) in [5.41, 5.74) is 4.07. The molecule has 4 nitrogen and oxygen atoms in total. The molecule has 6 heteroatoms. The minimum Gasteiger partial charge on any atom is -0.330 e. The Balaban J connectivity index is 1.65. The molecule has 158 valence electrons. The number of halogens is 1. The van der Waals surface area contributed by atoms with Gasteiger partial charge >= 0.3 is 0 Å². The number of amides is 1. The van der Waals surface area contributed by atoms with Crippen LogP contribution >= 0.6 is 0 Å². The van der Waals surface area contributed by atoms with Gasteiger partial charge in [0, 0.05) is 19.2 Å². The molecule has 1 aromatic heterocycles. The number of carbonyl (C=O) groups is 1. The summed E-state index contributed by atoms with van der Waals surface area (Å²) in [6.45, 7) is 0.866. The van der Waals surface area contributed by atoms with Gasteiger partial charge in [-0.15, -0.1) is 0 Å². The van der Waals surface area contributed by atoms with Crippen LogP contribution in [0.5, 0.6) is 0 Å². The third-order valence-electron chi connectivity index (χ3n) is 6.24. The second-order valence-corrected chi connectivity index (χ2v) is 8.43. The second kappa shape index (κ2) is 8.11. The standard InChI is InChI=1S/C26H23BFN3O/c27-22-10-8-21(9-11-22)26(14-19-4-2-1-3-5-19)25(32)30(17-24-15-29-18-31(24)26)16-20-6-12-23(28)13-7-20/h1-13,15,18H,14,16-17,27H2. The van der Waals surface area contributed by atoms with Crippen LogP contribution in [0.1, 0.15) is 22.4 Å². The highest BCUT2D eigenvalue weighted by Crippen LogP contribution is 2.38. The molecule has 5 rings (SSSR count). The number of aromatic nitrogens is 2. The fraction of sp³-hybridized carbons (Fsp3) is 0.154. The van der Waals surface area contributed by atoms with E-state index in [4.69, 9.17) is 0 Å². The predicted molar refractivity (Wildman–Crippen MR) is 125 cm³/mol. The van der Waals surface area contributed by atoms with Crippen molar-refractivity contribution in [3.05, 3.63) is 120 Å². The van der Waals surface area contributed by atoms with Crippen LogP contribution in [0.4, 0.5) is 4.39 Å². The van der Waals surface area contributed by atoms with E-state index in [1.54, 1.807) is 18.5 Å². The zero-order chi connectivity index (χ0) is 22.1. The maximum Gasteiger partial charge on any atom is 0.254 e. The highest BCUT2D eigenvalue weighted by atomic mass is 19.1. The maximum atomic E-state index is 14.3. The zero-order valence-corrected chi connectivity index (χ0v) is 17.9. The van der Waals surface area contributed by atoms with E-state index in [0.717, 1.165) is 27.8 Å². The van der Waals surface area contributed by atoms with Gasteiger partial charge in [-0.2, -0.15) is 0 Å². The summed E-state index contributed by atoms with van der Waals surface area (Å²) in [5, 5.41) is 0. The van der Waals surface area contributed by atoms with E-state index in [2.05, 4.69) is 17.1 Å². The van der Waals surface area contributed by atoms with Crippen molar-refractivity contribution < 1.29 is 9.18 Å². The molecule has 1 atom stereocenters. The molecular formula is C26H23BFN3O. The Morgan fingerprint density at radius 1 is 0.938 bits per heavy atom. The van der Waals surface area contributed by atoms with Gasteiger partial charge in [-0.05, 0) is 28.8 Å². The van der Waals surface area contributed by atoms with Crippen LogP contribution in [-0.4, -0.2) is 28.2 Å². The molecule has 1 aliphatic rings. The number of carbonyl (C=O) groups excluding carboxylic acids is 1. The molecule has 0 saturated carbocycles. The first-order valence-corrected chi connectivity index (χ1v) is 10.7. The molecule has 0 aliphatic carbocycles. The molecular weight excluding hydrogens is 400 g/mol. The quantitative estimate of drug-likeness (QED) is 0.463. The van der Waals surface area contributed by atoms with Gasteiger partial charge in [0.15, 0.2) is 5.54 Å². The SMILES string of the molecule is Bc1ccc(C2(Cc3ccccc3)C(=O)N(Cc3ccc(F)cc3)Cc3cncn32)cc1. The Labute approximate surface area is 187 Å². The molecule has 0 radical (unpaired) electrons. The van der Waals surface area contributed by atoms with Gasteiger partial charge < -0.3 is 9.47 Å². The van der Waals surface area contributed by atoms with Crippen molar-refractivity contribution >= 4 is 19.2 Å². The number of hydrogen-bond donors (Lipinski definition) is 0. The first-order chi connectivity index (χ1) is 15.6. The van der Waals surface area contributed by atoms with E-state index in [0.29, 0.717) is 19.5 Å². The third kappa shape index (κ3) is 3.52. The summed E-state index contributed by atoms with van der Waals surface area (Å²) in [6, 6.07) is 24.6. The van der Waals surface area contributed by atoms with Gasteiger partial charge in [0.1, 0.15) is 13.7 Å². The monoisotopic (exact) mass is 423 g/mol. The number of benzene rings is 3. The minimum absolute atomic E-state index is 0.0139. The van der Waals surface area contributed by atoms with Crippen LogP contribution in [0.25, 0.3) is 0 Å². The normalized spacial score (nSPS) is 17.9. The molecule has 32 heavy (non-hydrogen) atoms. The Morgan fingerprint density at radius 2 is 1.66 bits per heavy atom. The van der Waals surface area contributed by atoms with Gasteiger partial charge in [-0.3, -0.25) is 4.79 Å². The number of nitrogens with zero attached hydrogens (tertiary/aromatic N) is 3. The van der Waals surface area contributed by atoms with Gasteiger partial charge in [0.25, 0.3) is 5.91 Å². The van der Waals surface area contributed by atoms with E-state index in [1.165, 1.54) is 12.1 Å². The third-order valence-corrected chi connectivity index (χ3v) is 6.24. The molecule has 0 spiro atoms. The van der Waals surface area contributed by atoms with Crippen molar-refractivity contribution in [1.29, 1.82) is 0 Å². The summed E-state index contributed by atoms with van der Waals surface area (Å²) in [4.78, 5) is 20.5. The molecule has 1 unspecified atom stereocenters. The Hall–Kier alpha value is -3.67. The van der Waals surface area contributed by atoms with Crippen LogP contribution in [0.3, 0.4) is 0 Å². The largest absolute Gasteiger partial charge is 0.330 e. The van der Waals surface area contributed by atoms with E-state index in [1.807, 2.05) is 66.0 Å². The van der Waals surface area contributed by atoms with E-state index in [9.17, 15) is 9.18 Å². The Bertz CT molecular complexity index is 1240. The lowest BCUT2D eigenvalue weighted by atomic mass is 9.79. The second-order valence-electron chi connectivity index (χ2n) is 8.43. The van der Waals surface area contributed by atoms with E-state index < -0.39 is 5.54 Å². The van der Waals surface area contributed by atoms with E-state index >= 15 is 0 Å². The molecule has 1 amide bonds. The molecule has 0 saturated heterocycles. The fourth-order valence-electron chi connectivity index (χ4n) is 4.60. The van der Waals surface area contributed by atoms with E-state index in [-0.39, 0.29) is 11.7 Å². The lowest BCUT2D eigenvalue weighted by Gasteiger charge is -2.44. The van der Waals surface area contributed by atoms with Crippen LogP contribution in [0.2, 0.25) is 0 Å². The highest BCUT2D eigenvalue weighted by molar-refractivity contribution is 6.32. The smallest absolute Gasteiger partial charge is 0.254 e. The maximum absolute atomic E-state index is 14.3. The molecule has 0 bridgehead atoms. The van der Waals surface area contributed by atoms with Crippen LogP contribution in [0, 0.1) is 5.82 Å². The molecule has 0 fully saturated rings. The minimum atomic E-state index is -0.945. The molecule has 3 aromatic carbocycles. The highest BCUT2D eigenvalue weighted by Gasteiger charge is 2.48. The average molecular weight is 423 g/mol. The van der Waals surface area contributed by atoms with Crippen molar-refractivity contribution in [1.82, 2.24) is 14.5 Å². The lowest BCUT2D eigenvalue weighted by Crippen LogP contribution is -2.56. The first-order valence-electron chi connectivity index (χ1n) is 10.7. The van der Waals surface area contributed by atoms with Crippen molar-refractivity contribution in [2.45, 2.75) is 25.0 Å². The molecule has 2 heterocycles. The molecule has 1 aliphatic heterocycles. The first kappa shape index (κ1) is 20.2. The van der Waals surface area contributed by atoms with Crippen molar-refractivity contribution in [2.24, 2.45) is 0 Å². The van der Waals surface area contributed by atoms with Gasteiger partial charge in [0.05, 0.1) is 18.6 Å². The summed E-state index contributed by atoms with van der Waals surface area (Å²) in [6.07, 6.45) is 4.11. The molecule has 4 aromatic rings. The van der Waals surface area contributed by atoms with Gasteiger partial charge in [-0.1, -0.05) is 72.2 Å². The summed E-state index contributed by atoms with van der Waals surface area (Å²) < 4.78 is 15.5. The number of imidazole rings is 1. The van der Waals surface area contributed by atoms with Crippen molar-refractivity contribution in [3.63, 3.8) is 0 Å². The number of fused-ring (bicyclic) bond motifs is 1. The van der Waals surface area contributed by atoms with Gasteiger partial charge in [-0.25, -0.2) is 9.37 Å². The zero-order valence-electron chi connectivity index (χ0n) is 17.9. The van der Waals surface area contributed by atoms with Crippen LogP contribution in [-0.2, 0) is 29.8 Å². The summed E-state index contributed by atoms with van der Waals surface area (Å²) in [5.74, 6) is -0.269. The summed E-state index contributed by atoms with van der Waals surface area (Å²) in [7, 11) is 2.04. The topological polar surface area (TPSA) is 38.1 Å². The van der Waals surface area contributed by atoms with Crippen LogP contribution < -0.4 is 5.46 Å². The predicted octanol–water partition coefficient (Wildman–Crippen LogP) is 2.81. The average Bonchev–Trinajstić information content (AvgIpc) is 3.28. The van der Waals surface area contributed by atoms with Crippen molar-refractivity contribution in [3.8, 4) is 0 Å². The number of rotatable bonds is 5. The number of hydrogen-bond acceptors (Lipinski definition) is 2. The Morgan fingerprint density at radius 3 is 2.38 bits per heavy atom. The van der Waals surface area contributed by atoms with Crippen LogP contribution in [0.15, 0.2) is 91.4 Å².